The highest BCUT2D eigenvalue weighted by Gasteiger charge is 2.12. The number of hydrogen-bond acceptors (Lipinski definition) is 2. The minimum Gasteiger partial charge on any atom is -0.219 e. The van der Waals surface area contributed by atoms with E-state index < -0.39 is 17.9 Å². The van der Waals surface area contributed by atoms with Crippen molar-refractivity contribution in [2.24, 2.45) is 0 Å². The lowest BCUT2D eigenvalue weighted by molar-refractivity contribution is 0.604. The normalized spacial score (nSPS) is 13.2. The van der Waals surface area contributed by atoms with Crippen LogP contribution in [0.1, 0.15) is 0 Å². The van der Waals surface area contributed by atoms with Crippen LogP contribution in [0.4, 0.5) is 0 Å². The van der Waals surface area contributed by atoms with Gasteiger partial charge in [-0.1, -0.05) is 43.9 Å². The van der Waals surface area contributed by atoms with Crippen LogP contribution in [-0.2, 0) is 9.84 Å². The summed E-state index contributed by atoms with van der Waals surface area (Å²) in [7, 11) is -4.45. The van der Waals surface area contributed by atoms with Gasteiger partial charge < -0.3 is 0 Å². The fourth-order valence-corrected chi connectivity index (χ4v) is 3.26. The molecule has 0 N–H and O–H groups in total. The molecule has 0 fully saturated rings. The molecule has 0 unspecified atom stereocenters. The maximum atomic E-state index is 11.8. The van der Waals surface area contributed by atoms with E-state index in [-0.39, 0.29) is 0 Å². The standard InChI is InChI=1S/C12H18O2SSi/c1-16(2,3)11-7-10-15(13,14)12-8-5-4-6-9-12/h4-10H,11H2,1-3H3/b10-7+. The van der Waals surface area contributed by atoms with Crippen molar-refractivity contribution in [2.45, 2.75) is 30.6 Å². The number of rotatable bonds is 4. The third kappa shape index (κ3) is 4.33. The van der Waals surface area contributed by atoms with Crippen molar-refractivity contribution in [1.82, 2.24) is 0 Å². The molecular weight excluding hydrogens is 236 g/mol. The van der Waals surface area contributed by atoms with Gasteiger partial charge in [-0.05, 0) is 18.2 Å². The molecule has 0 atom stereocenters. The molecule has 0 radical (unpaired) electrons. The molecule has 1 rings (SSSR count). The van der Waals surface area contributed by atoms with E-state index >= 15 is 0 Å². The molecule has 0 amide bonds. The maximum Gasteiger partial charge on any atom is 0.199 e. The lowest BCUT2D eigenvalue weighted by Crippen LogP contribution is -2.17. The third-order valence-electron chi connectivity index (χ3n) is 2.08. The van der Waals surface area contributed by atoms with E-state index in [9.17, 15) is 8.42 Å². The zero-order valence-electron chi connectivity index (χ0n) is 9.97. The minimum absolute atomic E-state index is 0.363. The average molecular weight is 254 g/mol. The summed E-state index contributed by atoms with van der Waals surface area (Å²) in [6.07, 6.45) is 1.79. The molecule has 1 aromatic carbocycles. The molecule has 0 aliphatic rings. The lowest BCUT2D eigenvalue weighted by Gasteiger charge is -2.11. The first-order valence-corrected chi connectivity index (χ1v) is 10.5. The predicted octanol–water partition coefficient (Wildman–Crippen LogP) is 3.31. The van der Waals surface area contributed by atoms with E-state index in [4.69, 9.17) is 0 Å². The van der Waals surface area contributed by atoms with Crippen molar-refractivity contribution in [3.05, 3.63) is 41.8 Å². The topological polar surface area (TPSA) is 34.1 Å². The van der Waals surface area contributed by atoms with Crippen LogP contribution in [0, 0.1) is 0 Å². The van der Waals surface area contributed by atoms with Crippen LogP contribution in [0.3, 0.4) is 0 Å². The van der Waals surface area contributed by atoms with Crippen LogP contribution < -0.4 is 0 Å². The van der Waals surface area contributed by atoms with Crippen LogP contribution in [-0.4, -0.2) is 16.5 Å². The zero-order valence-corrected chi connectivity index (χ0v) is 11.8. The Kier molecular flexibility index (Phi) is 4.10. The molecule has 2 nitrogen and oxygen atoms in total. The number of allylic oxidation sites excluding steroid dienone is 1. The van der Waals surface area contributed by atoms with Crippen molar-refractivity contribution < 1.29 is 8.42 Å². The maximum absolute atomic E-state index is 11.8. The Hall–Kier alpha value is -0.873. The quantitative estimate of drug-likeness (QED) is 0.773. The van der Waals surface area contributed by atoms with Crippen molar-refractivity contribution >= 4 is 17.9 Å². The van der Waals surface area contributed by atoms with Crippen molar-refractivity contribution in [3.63, 3.8) is 0 Å². The second kappa shape index (κ2) is 4.97. The summed E-state index contributed by atoms with van der Waals surface area (Å²) in [6, 6.07) is 9.41. The Morgan fingerprint density at radius 2 is 1.69 bits per heavy atom. The van der Waals surface area contributed by atoms with Crippen molar-refractivity contribution in [2.75, 3.05) is 0 Å². The second-order valence-corrected chi connectivity index (χ2v) is 12.4. The summed E-state index contributed by atoms with van der Waals surface area (Å²) in [5.74, 6) is 0. The molecule has 0 saturated carbocycles. The molecule has 0 aromatic heterocycles. The monoisotopic (exact) mass is 254 g/mol. The van der Waals surface area contributed by atoms with Gasteiger partial charge in [0.15, 0.2) is 9.84 Å². The van der Waals surface area contributed by atoms with Gasteiger partial charge >= 0.3 is 0 Å². The third-order valence-corrected chi connectivity index (χ3v) is 5.02. The average Bonchev–Trinajstić information content (AvgIpc) is 2.17. The molecule has 0 aliphatic carbocycles. The van der Waals surface area contributed by atoms with Gasteiger partial charge in [-0.25, -0.2) is 8.42 Å². The SMILES string of the molecule is C[Si](C)(C)C/C=C/S(=O)(=O)c1ccccc1. The smallest absolute Gasteiger partial charge is 0.199 e. The molecule has 0 aliphatic heterocycles. The Balaban J connectivity index is 2.82. The molecule has 88 valence electrons. The number of benzene rings is 1. The van der Waals surface area contributed by atoms with Crippen LogP contribution in [0.5, 0.6) is 0 Å². The first-order chi connectivity index (χ1) is 7.31. The Bertz CT molecular complexity index is 456. The molecular formula is C12H18O2SSi. The summed E-state index contributed by atoms with van der Waals surface area (Å²) in [4.78, 5) is 0.363. The Morgan fingerprint density at radius 1 is 1.12 bits per heavy atom. The molecule has 0 bridgehead atoms. The molecule has 0 spiro atoms. The van der Waals surface area contributed by atoms with Gasteiger partial charge in [-0.3, -0.25) is 0 Å². The Morgan fingerprint density at radius 3 is 2.19 bits per heavy atom. The van der Waals surface area contributed by atoms with E-state index in [1.807, 2.05) is 6.07 Å². The largest absolute Gasteiger partial charge is 0.219 e. The molecule has 0 saturated heterocycles. The zero-order chi connectivity index (χ0) is 12.2. The fraction of sp³-hybridized carbons (Fsp3) is 0.333. The van der Waals surface area contributed by atoms with E-state index in [1.165, 1.54) is 5.41 Å². The lowest BCUT2D eigenvalue weighted by atomic mass is 10.4. The summed E-state index contributed by atoms with van der Waals surface area (Å²) in [5.41, 5.74) is 0. The second-order valence-electron chi connectivity index (χ2n) is 4.99. The van der Waals surface area contributed by atoms with Gasteiger partial charge in [0.1, 0.15) is 0 Å². The predicted molar refractivity (Wildman–Crippen MR) is 70.9 cm³/mol. The first-order valence-electron chi connectivity index (χ1n) is 5.28. The summed E-state index contributed by atoms with van der Waals surface area (Å²) in [6.45, 7) is 6.64. The van der Waals surface area contributed by atoms with Gasteiger partial charge in [0.05, 0.1) is 4.90 Å². The molecule has 1 aromatic rings. The fourth-order valence-electron chi connectivity index (χ4n) is 1.22. The highest BCUT2D eigenvalue weighted by atomic mass is 32.2. The Labute approximate surface area is 98.9 Å². The van der Waals surface area contributed by atoms with Crippen LogP contribution in [0.15, 0.2) is 46.7 Å². The van der Waals surface area contributed by atoms with E-state index in [0.29, 0.717) is 4.90 Å². The van der Waals surface area contributed by atoms with Gasteiger partial charge in [0.25, 0.3) is 0 Å². The number of hydrogen-bond donors (Lipinski definition) is 0. The summed E-state index contributed by atoms with van der Waals surface area (Å²) in [5, 5.41) is 1.33. The van der Waals surface area contributed by atoms with E-state index in [1.54, 1.807) is 30.3 Å². The van der Waals surface area contributed by atoms with Crippen LogP contribution >= 0.6 is 0 Å². The van der Waals surface area contributed by atoms with Gasteiger partial charge in [-0.2, -0.15) is 0 Å². The number of sulfone groups is 1. The summed E-state index contributed by atoms with van der Waals surface area (Å²) >= 11 is 0. The van der Waals surface area contributed by atoms with E-state index in [0.717, 1.165) is 6.04 Å². The van der Waals surface area contributed by atoms with Crippen LogP contribution in [0.2, 0.25) is 25.7 Å². The minimum atomic E-state index is -3.24. The van der Waals surface area contributed by atoms with Crippen molar-refractivity contribution in [1.29, 1.82) is 0 Å². The van der Waals surface area contributed by atoms with Gasteiger partial charge in [0.2, 0.25) is 0 Å². The first kappa shape index (κ1) is 13.2. The van der Waals surface area contributed by atoms with Gasteiger partial charge in [0, 0.05) is 13.5 Å². The highest BCUT2D eigenvalue weighted by Crippen LogP contribution is 2.14. The highest BCUT2D eigenvalue weighted by molar-refractivity contribution is 7.94. The van der Waals surface area contributed by atoms with Gasteiger partial charge in [-0.15, -0.1) is 0 Å². The van der Waals surface area contributed by atoms with Crippen molar-refractivity contribution in [3.8, 4) is 0 Å². The van der Waals surface area contributed by atoms with E-state index in [2.05, 4.69) is 19.6 Å². The molecule has 4 heteroatoms. The van der Waals surface area contributed by atoms with Crippen LogP contribution in [0.25, 0.3) is 0 Å². The molecule has 16 heavy (non-hydrogen) atoms. The summed E-state index contributed by atoms with van der Waals surface area (Å²) < 4.78 is 23.7. The molecule has 0 heterocycles.